The summed E-state index contributed by atoms with van der Waals surface area (Å²) in [6, 6.07) is -0.139. The van der Waals surface area contributed by atoms with Crippen LogP contribution < -0.4 is 5.06 Å². The third kappa shape index (κ3) is 1.88. The van der Waals surface area contributed by atoms with Gasteiger partial charge in [0.25, 0.3) is 0 Å². The number of rotatable bonds is 1. The summed E-state index contributed by atoms with van der Waals surface area (Å²) in [6.07, 6.45) is 4.87. The van der Waals surface area contributed by atoms with E-state index in [1.807, 2.05) is 6.08 Å². The van der Waals surface area contributed by atoms with Gasteiger partial charge in [0.2, 0.25) is 0 Å². The van der Waals surface area contributed by atoms with Gasteiger partial charge in [-0.2, -0.15) is 0 Å². The lowest BCUT2D eigenvalue weighted by Crippen LogP contribution is -3.07. The summed E-state index contributed by atoms with van der Waals surface area (Å²) in [5, 5.41) is 11.6. The highest BCUT2D eigenvalue weighted by atomic mass is 16.6. The van der Waals surface area contributed by atoms with Crippen LogP contribution in [0.25, 0.3) is 0 Å². The maximum Gasteiger partial charge on any atom is 0.410 e. The van der Waals surface area contributed by atoms with E-state index >= 15 is 0 Å². The van der Waals surface area contributed by atoms with E-state index in [9.17, 15) is 10.0 Å². The molecule has 2 aliphatic heterocycles. The molecule has 5 nitrogen and oxygen atoms in total. The molecule has 0 aromatic heterocycles. The van der Waals surface area contributed by atoms with Crippen LogP contribution in [0.4, 0.5) is 4.79 Å². The van der Waals surface area contributed by atoms with E-state index in [4.69, 9.17) is 4.74 Å². The standard InChI is InChI=1S/C10H14N2O3/c1-2-15-10(13)11-6-8-4-3-5-12(14)9(8)7-11/h3-5,9,12H,2,6-7H2,1H3. The van der Waals surface area contributed by atoms with Crippen LogP contribution in [0.5, 0.6) is 0 Å². The molecule has 0 radical (unpaired) electrons. The maximum atomic E-state index is 11.5. The van der Waals surface area contributed by atoms with Crippen molar-refractivity contribution in [3.05, 3.63) is 29.1 Å². The molecule has 2 aliphatic rings. The van der Waals surface area contributed by atoms with Crippen LogP contribution in [0.2, 0.25) is 0 Å². The number of nitrogens with one attached hydrogen (secondary N) is 1. The third-order valence-corrected chi connectivity index (χ3v) is 2.66. The number of hydroxylamine groups is 2. The van der Waals surface area contributed by atoms with Gasteiger partial charge in [-0.3, -0.25) is 4.90 Å². The van der Waals surface area contributed by atoms with Gasteiger partial charge in [-0.05, 0) is 13.0 Å². The molecule has 0 saturated carbocycles. The third-order valence-electron chi connectivity index (χ3n) is 2.66. The zero-order valence-corrected chi connectivity index (χ0v) is 8.60. The van der Waals surface area contributed by atoms with Gasteiger partial charge in [0.1, 0.15) is 6.04 Å². The summed E-state index contributed by atoms with van der Waals surface area (Å²) in [5.41, 5.74) is 1.01. The van der Waals surface area contributed by atoms with Gasteiger partial charge in [-0.1, -0.05) is 6.08 Å². The highest BCUT2D eigenvalue weighted by molar-refractivity contribution is 5.69. The topological polar surface area (TPSA) is 57.0 Å². The fourth-order valence-electron chi connectivity index (χ4n) is 1.91. The summed E-state index contributed by atoms with van der Waals surface area (Å²) in [6.45, 7) is 3.10. The Hall–Kier alpha value is -1.33. The number of carbonyl (C=O) groups is 1. The van der Waals surface area contributed by atoms with E-state index in [0.29, 0.717) is 19.7 Å². The average Bonchev–Trinajstić information content (AvgIpc) is 2.63. The fraction of sp³-hybridized carbons (Fsp3) is 0.500. The second-order valence-corrected chi connectivity index (χ2v) is 3.64. The molecule has 0 bridgehead atoms. The molecule has 1 saturated heterocycles. The fourth-order valence-corrected chi connectivity index (χ4v) is 1.91. The van der Waals surface area contributed by atoms with Crippen LogP contribution in [0.15, 0.2) is 23.9 Å². The Bertz CT molecular complexity index is 325. The normalized spacial score (nSPS) is 28.7. The molecule has 2 atom stereocenters. The van der Waals surface area contributed by atoms with Gasteiger partial charge in [-0.15, -0.1) is 0 Å². The van der Waals surface area contributed by atoms with E-state index in [1.54, 1.807) is 24.1 Å². The molecule has 2 unspecified atom stereocenters. The molecule has 0 spiro atoms. The summed E-state index contributed by atoms with van der Waals surface area (Å²) >= 11 is 0. The first-order chi connectivity index (χ1) is 7.22. The number of hydrogen-bond acceptors (Lipinski definition) is 3. The molecule has 1 fully saturated rings. The quantitative estimate of drug-likeness (QED) is 0.603. The number of likely N-dealkylation sites (tertiary alicyclic amines) is 1. The minimum atomic E-state index is -0.333. The zero-order chi connectivity index (χ0) is 10.8. The smallest absolute Gasteiger partial charge is 0.410 e. The Kier molecular flexibility index (Phi) is 2.75. The first-order valence-corrected chi connectivity index (χ1v) is 5.05. The summed E-state index contributed by atoms with van der Waals surface area (Å²) in [7, 11) is 0. The lowest BCUT2D eigenvalue weighted by Gasteiger charge is -2.27. The van der Waals surface area contributed by atoms with Crippen LogP contribution in [-0.4, -0.2) is 36.7 Å². The number of ether oxygens (including phenoxy) is 1. The minimum absolute atomic E-state index is 0.0827. The Morgan fingerprint density at radius 3 is 3.27 bits per heavy atom. The molecule has 1 N–H and O–H groups in total. The van der Waals surface area contributed by atoms with Crippen molar-refractivity contribution in [2.45, 2.75) is 13.0 Å². The van der Waals surface area contributed by atoms with E-state index in [2.05, 4.69) is 0 Å². The van der Waals surface area contributed by atoms with Crippen molar-refractivity contribution < 1.29 is 14.6 Å². The number of quaternary nitrogens is 1. The molecule has 0 aromatic carbocycles. The number of carbonyl (C=O) groups excluding carboxylic acids is 1. The monoisotopic (exact) mass is 210 g/mol. The Morgan fingerprint density at radius 2 is 2.60 bits per heavy atom. The molecule has 0 aromatic rings. The molecular weight excluding hydrogens is 196 g/mol. The number of hydrogen-bond donors (Lipinski definition) is 1. The van der Waals surface area contributed by atoms with Gasteiger partial charge in [-0.25, -0.2) is 4.79 Å². The highest BCUT2D eigenvalue weighted by Gasteiger charge is 2.35. The van der Waals surface area contributed by atoms with Gasteiger partial charge >= 0.3 is 6.09 Å². The van der Waals surface area contributed by atoms with Crippen molar-refractivity contribution in [3.8, 4) is 0 Å². The van der Waals surface area contributed by atoms with Gasteiger partial charge in [0, 0.05) is 5.57 Å². The lowest BCUT2D eigenvalue weighted by atomic mass is 10.1. The van der Waals surface area contributed by atoms with E-state index in [-0.39, 0.29) is 17.2 Å². The first kappa shape index (κ1) is 10.2. The maximum absolute atomic E-state index is 11.5. The Labute approximate surface area is 88.2 Å². The molecule has 1 amide bonds. The predicted octanol–water partition coefficient (Wildman–Crippen LogP) is -0.337. The van der Waals surface area contributed by atoms with Crippen molar-refractivity contribution >= 4 is 6.09 Å². The van der Waals surface area contributed by atoms with Crippen LogP contribution in [0, 0.1) is 5.21 Å². The van der Waals surface area contributed by atoms with Gasteiger partial charge in [0.05, 0.1) is 25.9 Å². The molecule has 0 aliphatic carbocycles. The molecule has 2 rings (SSSR count). The van der Waals surface area contributed by atoms with E-state index in [1.165, 1.54) is 0 Å². The lowest BCUT2D eigenvalue weighted by molar-refractivity contribution is -0.813. The predicted molar refractivity (Wildman–Crippen MR) is 53.9 cm³/mol. The van der Waals surface area contributed by atoms with Gasteiger partial charge in [0.15, 0.2) is 0 Å². The number of fused-ring (bicyclic) bond motifs is 1. The van der Waals surface area contributed by atoms with Crippen molar-refractivity contribution in [1.82, 2.24) is 4.90 Å². The van der Waals surface area contributed by atoms with Crippen molar-refractivity contribution in [1.29, 1.82) is 0 Å². The van der Waals surface area contributed by atoms with Crippen LogP contribution in [0.3, 0.4) is 0 Å². The van der Waals surface area contributed by atoms with Gasteiger partial charge < -0.3 is 15.0 Å². The molecule has 82 valence electrons. The number of amides is 1. The van der Waals surface area contributed by atoms with E-state index < -0.39 is 0 Å². The molecule has 5 heteroatoms. The number of allylic oxidation sites excluding steroid dienone is 2. The summed E-state index contributed by atoms with van der Waals surface area (Å²) in [5.74, 6) is 0. The second-order valence-electron chi connectivity index (χ2n) is 3.64. The van der Waals surface area contributed by atoms with Crippen molar-refractivity contribution in [3.63, 3.8) is 0 Å². The zero-order valence-electron chi connectivity index (χ0n) is 8.60. The minimum Gasteiger partial charge on any atom is -0.629 e. The van der Waals surface area contributed by atoms with Crippen LogP contribution in [-0.2, 0) is 4.74 Å². The highest BCUT2D eigenvalue weighted by Crippen LogP contribution is 2.16. The second kappa shape index (κ2) is 4.04. The Morgan fingerprint density at radius 1 is 1.80 bits per heavy atom. The summed E-state index contributed by atoms with van der Waals surface area (Å²) in [4.78, 5) is 13.0. The Balaban J connectivity index is 2.03. The first-order valence-electron chi connectivity index (χ1n) is 5.05. The average molecular weight is 210 g/mol. The van der Waals surface area contributed by atoms with E-state index in [0.717, 1.165) is 5.57 Å². The largest absolute Gasteiger partial charge is 0.629 e. The van der Waals surface area contributed by atoms with Crippen LogP contribution in [0.1, 0.15) is 6.92 Å². The van der Waals surface area contributed by atoms with Crippen molar-refractivity contribution in [2.75, 3.05) is 19.7 Å². The van der Waals surface area contributed by atoms with Crippen molar-refractivity contribution in [2.24, 2.45) is 0 Å². The summed E-state index contributed by atoms with van der Waals surface area (Å²) < 4.78 is 4.90. The van der Waals surface area contributed by atoms with Crippen LogP contribution >= 0.6 is 0 Å². The SMILES string of the molecule is CCOC(=O)N1CC2=CC=C[NH+]([O-])C2C1. The number of nitrogens with zero attached hydrogens (tertiary/aromatic N) is 1. The molecule has 2 heterocycles. The molecular formula is C10H14N2O3. The molecule has 15 heavy (non-hydrogen) atoms.